The van der Waals surface area contributed by atoms with Gasteiger partial charge in [0.1, 0.15) is 6.23 Å². The molecule has 0 aromatic rings. The second-order valence-corrected chi connectivity index (χ2v) is 3.60. The normalized spacial score (nSPS) is 17.4. The van der Waals surface area contributed by atoms with Crippen LogP contribution in [0.1, 0.15) is 27.2 Å². The topological polar surface area (TPSA) is 58.6 Å². The molecule has 0 bridgehead atoms. The van der Waals surface area contributed by atoms with Crippen molar-refractivity contribution in [1.82, 2.24) is 5.32 Å². The van der Waals surface area contributed by atoms with Crippen LogP contribution in [0.15, 0.2) is 0 Å². The van der Waals surface area contributed by atoms with Crippen molar-refractivity contribution in [2.75, 3.05) is 13.7 Å². The molecule has 14 heavy (non-hydrogen) atoms. The third-order valence-corrected chi connectivity index (χ3v) is 2.51. The maximum atomic E-state index is 10.8. The van der Waals surface area contributed by atoms with Gasteiger partial charge in [0.25, 0.3) is 0 Å². The quantitative estimate of drug-likeness (QED) is 0.613. The molecule has 0 saturated heterocycles. The molecule has 0 saturated carbocycles. The zero-order valence-electron chi connectivity index (χ0n) is 9.41. The summed E-state index contributed by atoms with van der Waals surface area (Å²) in [5, 5.41) is 12.0. The molecule has 0 aromatic heterocycles. The van der Waals surface area contributed by atoms with Gasteiger partial charge in [0, 0.05) is 13.0 Å². The Morgan fingerprint density at radius 1 is 1.50 bits per heavy atom. The minimum Gasteiger partial charge on any atom is -0.481 e. The summed E-state index contributed by atoms with van der Waals surface area (Å²) in [6.07, 6.45) is 0.828. The number of hydrogen-bond acceptors (Lipinski definition) is 3. The Bertz CT molecular complexity index is 173. The van der Waals surface area contributed by atoms with Gasteiger partial charge in [-0.05, 0) is 13.0 Å². The molecule has 84 valence electrons. The molecular weight excluding hydrogens is 182 g/mol. The van der Waals surface area contributed by atoms with Crippen LogP contribution in [0.25, 0.3) is 0 Å². The van der Waals surface area contributed by atoms with Crippen LogP contribution in [0.3, 0.4) is 0 Å². The summed E-state index contributed by atoms with van der Waals surface area (Å²) < 4.78 is 5.21. The molecule has 2 N–H and O–H groups in total. The van der Waals surface area contributed by atoms with E-state index in [4.69, 9.17) is 9.84 Å². The highest BCUT2D eigenvalue weighted by atomic mass is 16.5. The summed E-state index contributed by atoms with van der Waals surface area (Å²) in [6.45, 7) is 6.49. The molecule has 0 aromatic carbocycles. The van der Waals surface area contributed by atoms with Gasteiger partial charge < -0.3 is 9.84 Å². The summed E-state index contributed by atoms with van der Waals surface area (Å²) >= 11 is 0. The third kappa shape index (κ3) is 4.07. The van der Waals surface area contributed by atoms with Crippen LogP contribution >= 0.6 is 0 Å². The van der Waals surface area contributed by atoms with Crippen molar-refractivity contribution in [2.45, 2.75) is 33.4 Å². The molecule has 0 heterocycles. The second kappa shape index (κ2) is 6.79. The Kier molecular flexibility index (Phi) is 6.49. The Morgan fingerprint density at radius 3 is 2.43 bits per heavy atom. The van der Waals surface area contributed by atoms with Crippen LogP contribution in [0.4, 0.5) is 0 Å². The highest BCUT2D eigenvalue weighted by molar-refractivity contribution is 5.69. The number of nitrogens with one attached hydrogen (secondary N) is 1. The SMILES string of the molecule is CCCNC(OC)C(C)C(C)C(=O)O. The van der Waals surface area contributed by atoms with Crippen LogP contribution in [-0.4, -0.2) is 31.0 Å². The maximum absolute atomic E-state index is 10.8. The highest BCUT2D eigenvalue weighted by Gasteiger charge is 2.26. The Hall–Kier alpha value is -0.610. The summed E-state index contributed by atoms with van der Waals surface area (Å²) in [7, 11) is 1.60. The highest BCUT2D eigenvalue weighted by Crippen LogP contribution is 2.16. The predicted molar refractivity (Wildman–Crippen MR) is 55.1 cm³/mol. The standard InChI is InChI=1S/C10H21NO3/c1-5-6-11-9(14-4)7(2)8(3)10(12)13/h7-9,11H,5-6H2,1-4H3,(H,12,13). The van der Waals surface area contributed by atoms with Gasteiger partial charge in [0.05, 0.1) is 5.92 Å². The van der Waals surface area contributed by atoms with E-state index in [9.17, 15) is 4.79 Å². The van der Waals surface area contributed by atoms with Crippen LogP contribution in [0, 0.1) is 11.8 Å². The lowest BCUT2D eigenvalue weighted by Crippen LogP contribution is -2.41. The van der Waals surface area contributed by atoms with E-state index in [0.717, 1.165) is 13.0 Å². The van der Waals surface area contributed by atoms with Crippen LogP contribution in [0.2, 0.25) is 0 Å². The minimum absolute atomic E-state index is 0.0379. The smallest absolute Gasteiger partial charge is 0.306 e. The average Bonchev–Trinajstić information content (AvgIpc) is 2.17. The summed E-state index contributed by atoms with van der Waals surface area (Å²) in [4.78, 5) is 10.8. The van der Waals surface area contributed by atoms with Crippen molar-refractivity contribution in [2.24, 2.45) is 11.8 Å². The molecule has 0 aliphatic heterocycles. The number of methoxy groups -OCH3 is 1. The molecule has 0 fully saturated rings. The lowest BCUT2D eigenvalue weighted by molar-refractivity contribution is -0.145. The molecule has 3 unspecified atom stereocenters. The molecule has 4 heteroatoms. The summed E-state index contributed by atoms with van der Waals surface area (Å²) in [5.41, 5.74) is 0. The fourth-order valence-corrected chi connectivity index (χ4v) is 1.26. The number of carboxylic acid groups (broad SMARTS) is 1. The molecule has 0 spiro atoms. The zero-order valence-corrected chi connectivity index (χ0v) is 9.41. The predicted octanol–water partition coefficient (Wildman–Crippen LogP) is 1.32. The fourth-order valence-electron chi connectivity index (χ4n) is 1.26. The lowest BCUT2D eigenvalue weighted by Gasteiger charge is -2.26. The molecule has 0 aliphatic carbocycles. The van der Waals surface area contributed by atoms with Gasteiger partial charge in [-0.2, -0.15) is 0 Å². The minimum atomic E-state index is -0.780. The van der Waals surface area contributed by atoms with Crippen molar-refractivity contribution in [3.63, 3.8) is 0 Å². The number of ether oxygens (including phenoxy) is 1. The number of carbonyl (C=O) groups is 1. The van der Waals surface area contributed by atoms with E-state index in [1.165, 1.54) is 0 Å². The van der Waals surface area contributed by atoms with Gasteiger partial charge in [0.2, 0.25) is 0 Å². The Morgan fingerprint density at radius 2 is 2.07 bits per heavy atom. The van der Waals surface area contributed by atoms with Crippen molar-refractivity contribution in [1.29, 1.82) is 0 Å². The summed E-state index contributed by atoms with van der Waals surface area (Å²) in [6, 6.07) is 0. The van der Waals surface area contributed by atoms with Crippen molar-refractivity contribution >= 4 is 5.97 Å². The molecule has 0 amide bonds. The monoisotopic (exact) mass is 203 g/mol. The van der Waals surface area contributed by atoms with E-state index in [-0.39, 0.29) is 12.1 Å². The van der Waals surface area contributed by atoms with E-state index in [1.807, 2.05) is 6.92 Å². The lowest BCUT2D eigenvalue weighted by atomic mass is 9.94. The first-order chi connectivity index (χ1) is 6.54. The van der Waals surface area contributed by atoms with Crippen molar-refractivity contribution in [3.8, 4) is 0 Å². The Balaban J connectivity index is 4.14. The maximum Gasteiger partial charge on any atom is 0.306 e. The van der Waals surface area contributed by atoms with E-state index in [1.54, 1.807) is 14.0 Å². The van der Waals surface area contributed by atoms with Crippen LogP contribution < -0.4 is 5.32 Å². The molecule has 0 radical (unpaired) electrons. The van der Waals surface area contributed by atoms with E-state index >= 15 is 0 Å². The number of hydrogen-bond donors (Lipinski definition) is 2. The molecule has 0 rings (SSSR count). The van der Waals surface area contributed by atoms with E-state index in [2.05, 4.69) is 12.2 Å². The van der Waals surface area contributed by atoms with Crippen LogP contribution in [-0.2, 0) is 9.53 Å². The first-order valence-corrected chi connectivity index (χ1v) is 5.03. The average molecular weight is 203 g/mol. The van der Waals surface area contributed by atoms with Gasteiger partial charge in [-0.3, -0.25) is 10.1 Å². The molecular formula is C10H21NO3. The van der Waals surface area contributed by atoms with E-state index in [0.29, 0.717) is 0 Å². The molecule has 0 aliphatic rings. The van der Waals surface area contributed by atoms with Gasteiger partial charge >= 0.3 is 5.97 Å². The largest absolute Gasteiger partial charge is 0.481 e. The third-order valence-electron chi connectivity index (χ3n) is 2.51. The first-order valence-electron chi connectivity index (χ1n) is 5.03. The second-order valence-electron chi connectivity index (χ2n) is 3.60. The Labute approximate surface area is 85.6 Å². The first kappa shape index (κ1) is 13.4. The van der Waals surface area contributed by atoms with Gasteiger partial charge in [-0.1, -0.05) is 20.8 Å². The zero-order chi connectivity index (χ0) is 11.1. The van der Waals surface area contributed by atoms with Gasteiger partial charge in [-0.25, -0.2) is 0 Å². The fraction of sp³-hybridized carbons (Fsp3) is 0.900. The van der Waals surface area contributed by atoms with Crippen molar-refractivity contribution < 1.29 is 14.6 Å². The van der Waals surface area contributed by atoms with Crippen LogP contribution in [0.5, 0.6) is 0 Å². The van der Waals surface area contributed by atoms with E-state index < -0.39 is 11.9 Å². The van der Waals surface area contributed by atoms with Gasteiger partial charge in [-0.15, -0.1) is 0 Å². The number of carboxylic acids is 1. The number of aliphatic carboxylic acids is 1. The summed E-state index contributed by atoms with van der Waals surface area (Å²) in [5.74, 6) is -1.22. The van der Waals surface area contributed by atoms with Crippen molar-refractivity contribution in [3.05, 3.63) is 0 Å². The van der Waals surface area contributed by atoms with Gasteiger partial charge in [0.15, 0.2) is 0 Å². The number of rotatable bonds is 7. The molecule has 3 atom stereocenters. The molecule has 4 nitrogen and oxygen atoms in total.